The average Bonchev–Trinajstić information content (AvgIpc) is 0.719. The number of anilines is 1. The van der Waals surface area contributed by atoms with E-state index in [2.05, 4.69) is 169 Å². The van der Waals surface area contributed by atoms with Gasteiger partial charge in [0, 0.05) is 87.2 Å². The summed E-state index contributed by atoms with van der Waals surface area (Å²) in [6.07, 6.45) is 11.4. The zero-order valence-corrected chi connectivity index (χ0v) is 60.2. The van der Waals surface area contributed by atoms with Crippen molar-refractivity contribution in [3.63, 3.8) is 0 Å². The molecule has 0 bridgehead atoms. The van der Waals surface area contributed by atoms with Crippen LogP contribution in [0.2, 0.25) is 0 Å². The van der Waals surface area contributed by atoms with Crippen LogP contribution in [0.15, 0.2) is 190 Å². The second kappa shape index (κ2) is 29.0. The molecule has 14 heteroatoms. The molecule has 1 radical (unpaired) electrons. The molecule has 1 saturated carbocycles. The maximum atomic E-state index is 13.9. The first kappa shape index (κ1) is 71.4. The Hall–Kier alpha value is -9.37. The van der Waals surface area contributed by atoms with Crippen molar-refractivity contribution in [1.29, 1.82) is 0 Å². The number of hydrogen-bond acceptors (Lipinski definition) is 12. The molecule has 13 nitrogen and oxygen atoms in total. The van der Waals surface area contributed by atoms with Gasteiger partial charge in [0.05, 0.1) is 23.8 Å². The SMILES string of the molecule is CCC(C)(C)c1ccc(O)c(N=Nc2c(O)ccc3ccccc23)c1.CCC(C)(C)c1ccc(O)c(N=Nc2c(O)ccc3ccccc23)c1.CCN1c2cc3c(cc2C(C)=CC1(C)C)C(c1ccccc1C(=O)OCC1CCCC1)=c1cc2c(cc1O3)=[N+](CC)C(C)(C)C=C2C.[Co]. The van der Waals surface area contributed by atoms with Gasteiger partial charge in [-0.15, -0.1) is 20.5 Å². The van der Waals surface area contributed by atoms with E-state index in [4.69, 9.17) is 9.47 Å². The Morgan fingerprint density at radius 3 is 1.64 bits per heavy atom. The molecule has 0 aromatic heterocycles. The van der Waals surface area contributed by atoms with Crippen molar-refractivity contribution in [2.45, 2.75) is 157 Å². The van der Waals surface area contributed by atoms with Crippen LogP contribution in [-0.4, -0.2) is 57.2 Å². The molecule has 0 unspecified atom stereocenters. The zero-order chi connectivity index (χ0) is 69.3. The second-order valence-corrected chi connectivity index (χ2v) is 28.5. The number of azo groups is 2. The van der Waals surface area contributed by atoms with E-state index in [1.54, 1.807) is 24.3 Å². The van der Waals surface area contributed by atoms with Crippen molar-refractivity contribution in [3.8, 4) is 34.5 Å². The quantitative estimate of drug-likeness (QED) is 0.0473. The maximum absolute atomic E-state index is 13.9. The minimum absolute atomic E-state index is 0. The Kier molecular flexibility index (Phi) is 21.1. The van der Waals surface area contributed by atoms with E-state index in [1.165, 1.54) is 46.2 Å². The molecule has 0 saturated heterocycles. The van der Waals surface area contributed by atoms with Gasteiger partial charge >= 0.3 is 5.97 Å². The summed E-state index contributed by atoms with van der Waals surface area (Å²) in [7, 11) is 0. The number of hydrogen-bond donors (Lipinski definition) is 4. The van der Waals surface area contributed by atoms with Gasteiger partial charge in [-0.1, -0.05) is 151 Å². The van der Waals surface area contributed by atoms with Crippen LogP contribution in [-0.2, 0) is 32.3 Å². The van der Waals surface area contributed by atoms with Gasteiger partial charge < -0.3 is 34.8 Å². The molecule has 9 aromatic carbocycles. The van der Waals surface area contributed by atoms with E-state index < -0.39 is 0 Å². The molecule has 3 aliphatic heterocycles. The molecule has 3 heterocycles. The van der Waals surface area contributed by atoms with Gasteiger partial charge in [-0.25, -0.2) is 9.37 Å². The summed E-state index contributed by atoms with van der Waals surface area (Å²) in [6.45, 7) is 33.0. The summed E-state index contributed by atoms with van der Waals surface area (Å²) in [5.41, 5.74) is 13.1. The standard InChI is InChI=1S/C42H49N2O3.2C21H22N2O2.Co/c1-9-43-35-21-37-33(19-31(35)26(3)23-41(43,5)6)39(29-17-13-14-18-30(29)40(45)46-25-28-15-11-12-16-28)34-20-32-27(4)24-42(7,8)44(10-2)36(32)22-38(34)47-37;2*1-4-21(2,3)15-10-12-18(24)17(13-15)22-23-20-16-8-6-5-7-14(16)9-11-19(20)25;/h13-14,17-24,28H,9-12,15-16,25H2,1-8H3;2*5-13,24-25H,4H2,1-3H3;/q+1;;;. The Labute approximate surface area is 587 Å². The fourth-order valence-corrected chi connectivity index (χ4v) is 14.2. The minimum Gasteiger partial charge on any atom is -0.506 e. The van der Waals surface area contributed by atoms with Crippen LogP contribution < -0.4 is 24.8 Å². The summed E-state index contributed by atoms with van der Waals surface area (Å²) >= 11 is 0. The number of likely N-dealkylation sites (N-methyl/N-ethyl adjacent to an activating group) is 2. The molecule has 4 N–H and O–H groups in total. The predicted molar refractivity (Wildman–Crippen MR) is 395 cm³/mol. The number of ether oxygens (including phenoxy) is 2. The Morgan fingerprint density at radius 1 is 0.582 bits per heavy atom. The van der Waals surface area contributed by atoms with E-state index in [9.17, 15) is 25.2 Å². The van der Waals surface area contributed by atoms with E-state index in [0.29, 0.717) is 40.8 Å². The topological polar surface area (TPSA) is 172 Å². The number of phenolic OH excluding ortho intramolecular Hbond substituents is 4. The van der Waals surface area contributed by atoms with E-state index in [1.807, 2.05) is 103 Å². The Bertz CT molecular complexity index is 4650. The van der Waals surface area contributed by atoms with Gasteiger partial charge in [0.15, 0.2) is 5.54 Å². The van der Waals surface area contributed by atoms with Crippen LogP contribution in [0.3, 0.4) is 0 Å². The third-order valence-electron chi connectivity index (χ3n) is 20.4. The average molecular weight is 1360 g/mol. The van der Waals surface area contributed by atoms with Crippen molar-refractivity contribution in [2.24, 2.45) is 26.4 Å². The molecular weight excluding hydrogens is 1260 g/mol. The first-order valence-corrected chi connectivity index (χ1v) is 34.3. The largest absolute Gasteiger partial charge is 0.506 e. The fraction of sp³-hybridized carbons (Fsp3) is 0.333. The van der Waals surface area contributed by atoms with Crippen LogP contribution in [0, 0.1) is 5.92 Å². The second-order valence-electron chi connectivity index (χ2n) is 28.5. The number of aromatic hydroxyl groups is 4. The number of nitrogens with zero attached hydrogens (tertiary/aromatic N) is 6. The van der Waals surface area contributed by atoms with Crippen LogP contribution >= 0.6 is 0 Å². The van der Waals surface area contributed by atoms with E-state index in [0.717, 1.165) is 105 Å². The molecule has 9 aromatic rings. The fourth-order valence-electron chi connectivity index (χ4n) is 14.2. The number of rotatable bonds is 14. The summed E-state index contributed by atoms with van der Waals surface area (Å²) < 4.78 is 15.4. The molecule has 4 aliphatic rings. The summed E-state index contributed by atoms with van der Waals surface area (Å²) in [4.78, 5) is 16.3. The van der Waals surface area contributed by atoms with Gasteiger partial charge in [0.2, 0.25) is 5.36 Å². The molecule has 0 amide bonds. The molecule has 0 atom stereocenters. The van der Waals surface area contributed by atoms with Gasteiger partial charge in [-0.05, 0) is 183 Å². The third-order valence-corrected chi connectivity index (χ3v) is 20.4. The number of esters is 1. The first-order valence-electron chi connectivity index (χ1n) is 34.3. The molecule has 0 spiro atoms. The predicted octanol–water partition coefficient (Wildman–Crippen LogP) is 20.8. The molecule has 1 aliphatic carbocycles. The zero-order valence-electron chi connectivity index (χ0n) is 59.1. The van der Waals surface area contributed by atoms with Gasteiger partial charge in [-0.2, -0.15) is 0 Å². The molecule has 1 fully saturated rings. The Balaban J connectivity index is 0.000000173. The minimum atomic E-state index is -0.254. The van der Waals surface area contributed by atoms with E-state index >= 15 is 0 Å². The van der Waals surface area contributed by atoms with Gasteiger partial charge in [0.25, 0.3) is 0 Å². The van der Waals surface area contributed by atoms with Crippen LogP contribution in [0.4, 0.5) is 28.4 Å². The number of carbonyl (C=O) groups excluding carboxylic acids is 1. The van der Waals surface area contributed by atoms with Crippen LogP contribution in [0.25, 0.3) is 38.3 Å². The van der Waals surface area contributed by atoms with E-state index in [-0.39, 0.29) is 67.7 Å². The number of phenols is 4. The van der Waals surface area contributed by atoms with Crippen LogP contribution in [0.1, 0.15) is 179 Å². The smallest absolute Gasteiger partial charge is 0.338 e. The normalized spacial score (nSPS) is 15.4. The van der Waals surface area contributed by atoms with Crippen molar-refractivity contribution in [2.75, 3.05) is 24.6 Å². The van der Waals surface area contributed by atoms with Crippen LogP contribution in [0.5, 0.6) is 34.5 Å². The number of carbonyl (C=O) groups is 1. The van der Waals surface area contributed by atoms with Gasteiger partial charge in [0.1, 0.15) is 63.8 Å². The summed E-state index contributed by atoms with van der Waals surface area (Å²) in [6, 6.07) is 50.0. The van der Waals surface area contributed by atoms with Crippen molar-refractivity contribution in [3.05, 3.63) is 219 Å². The number of fused-ring (bicyclic) bond motifs is 6. The van der Waals surface area contributed by atoms with Crippen molar-refractivity contribution < 1.29 is 51.5 Å². The summed E-state index contributed by atoms with van der Waals surface area (Å²) in [5, 5.41) is 63.2. The number of allylic oxidation sites excluding steroid dienone is 2. The molecule has 98 heavy (non-hydrogen) atoms. The first-order chi connectivity index (χ1) is 46.3. The van der Waals surface area contributed by atoms with Gasteiger partial charge in [-0.3, -0.25) is 0 Å². The van der Waals surface area contributed by atoms with Crippen molar-refractivity contribution in [1.82, 2.24) is 4.58 Å². The molecule has 13 rings (SSSR count). The molecule has 509 valence electrons. The van der Waals surface area contributed by atoms with Crippen molar-refractivity contribution >= 4 is 72.7 Å². The Morgan fingerprint density at radius 2 is 1.10 bits per heavy atom. The monoisotopic (exact) mass is 1360 g/mol. The number of benzene rings is 9. The maximum Gasteiger partial charge on any atom is 0.338 e. The third kappa shape index (κ3) is 14.5. The molecular formula is C84H93CoN6O7+. The summed E-state index contributed by atoms with van der Waals surface area (Å²) in [5.74, 6) is 2.10.